The minimum Gasteiger partial charge on any atom is -0.365 e. The Hall–Kier alpha value is -2.57. The van der Waals surface area contributed by atoms with Gasteiger partial charge in [0.05, 0.1) is 6.20 Å². The number of carbonyl (C=O) groups excluding carboxylic acids is 1. The molecule has 1 N–H and O–H groups in total. The standard InChI is InChI=1S/C16H18N6O/c23-16(14-8-17-5-6-18-14)22-7-4-11(9-22)21-15-12-2-1-3-13(12)19-10-20-15/h5-6,8,10-11H,1-4,7,9H2,(H,19,20,21)/t11-/m1/s1. The molecule has 4 rings (SSSR count). The van der Waals surface area contributed by atoms with E-state index in [4.69, 9.17) is 0 Å². The summed E-state index contributed by atoms with van der Waals surface area (Å²) in [6.45, 7) is 1.38. The molecule has 1 fully saturated rings. The molecule has 2 aliphatic rings. The van der Waals surface area contributed by atoms with Crippen LogP contribution in [0.1, 0.15) is 34.6 Å². The molecule has 1 saturated heterocycles. The van der Waals surface area contributed by atoms with Crippen molar-refractivity contribution in [2.24, 2.45) is 0 Å². The van der Waals surface area contributed by atoms with Crippen molar-refractivity contribution in [3.05, 3.63) is 41.9 Å². The van der Waals surface area contributed by atoms with Crippen LogP contribution < -0.4 is 5.32 Å². The predicted molar refractivity (Wildman–Crippen MR) is 84.0 cm³/mol. The number of carbonyl (C=O) groups is 1. The van der Waals surface area contributed by atoms with Crippen LogP contribution in [0.4, 0.5) is 5.82 Å². The molecule has 0 bridgehead atoms. The lowest BCUT2D eigenvalue weighted by Gasteiger charge is -2.18. The van der Waals surface area contributed by atoms with E-state index in [0.717, 1.165) is 43.7 Å². The molecule has 0 saturated carbocycles. The normalized spacial score (nSPS) is 19.7. The zero-order valence-electron chi connectivity index (χ0n) is 12.8. The molecule has 0 radical (unpaired) electrons. The van der Waals surface area contributed by atoms with Crippen molar-refractivity contribution >= 4 is 11.7 Å². The van der Waals surface area contributed by atoms with E-state index in [0.29, 0.717) is 12.2 Å². The number of anilines is 1. The van der Waals surface area contributed by atoms with Gasteiger partial charge >= 0.3 is 0 Å². The minimum absolute atomic E-state index is 0.0599. The molecule has 1 aliphatic carbocycles. The molecule has 0 unspecified atom stereocenters. The summed E-state index contributed by atoms with van der Waals surface area (Å²) in [7, 11) is 0. The molecule has 1 amide bonds. The Bertz CT molecular complexity index is 720. The Morgan fingerprint density at radius 3 is 3.04 bits per heavy atom. The van der Waals surface area contributed by atoms with E-state index in [2.05, 4.69) is 25.3 Å². The van der Waals surface area contributed by atoms with Gasteiger partial charge in [-0.3, -0.25) is 9.78 Å². The van der Waals surface area contributed by atoms with E-state index < -0.39 is 0 Å². The van der Waals surface area contributed by atoms with Crippen molar-refractivity contribution in [2.45, 2.75) is 31.7 Å². The Morgan fingerprint density at radius 2 is 2.17 bits per heavy atom. The topological polar surface area (TPSA) is 83.9 Å². The molecule has 1 atom stereocenters. The first-order valence-electron chi connectivity index (χ1n) is 7.96. The lowest BCUT2D eigenvalue weighted by Crippen LogP contribution is -2.32. The second-order valence-corrected chi connectivity index (χ2v) is 5.97. The van der Waals surface area contributed by atoms with Gasteiger partial charge < -0.3 is 10.2 Å². The second kappa shape index (κ2) is 5.91. The summed E-state index contributed by atoms with van der Waals surface area (Å²) in [5, 5.41) is 3.50. The van der Waals surface area contributed by atoms with E-state index in [1.54, 1.807) is 18.7 Å². The molecule has 7 nitrogen and oxygen atoms in total. The second-order valence-electron chi connectivity index (χ2n) is 5.97. The third-order valence-corrected chi connectivity index (χ3v) is 4.47. The number of aryl methyl sites for hydroxylation is 1. The molecule has 1 aliphatic heterocycles. The summed E-state index contributed by atoms with van der Waals surface area (Å²) in [5.74, 6) is 0.876. The van der Waals surface area contributed by atoms with Crippen LogP contribution in [-0.4, -0.2) is 49.9 Å². The van der Waals surface area contributed by atoms with Gasteiger partial charge in [-0.1, -0.05) is 0 Å². The quantitative estimate of drug-likeness (QED) is 0.913. The molecule has 2 aromatic heterocycles. The molecule has 0 aromatic carbocycles. The van der Waals surface area contributed by atoms with Gasteiger partial charge in [-0.25, -0.2) is 15.0 Å². The van der Waals surface area contributed by atoms with Gasteiger partial charge in [-0.05, 0) is 25.7 Å². The lowest BCUT2D eigenvalue weighted by atomic mass is 10.2. The van der Waals surface area contributed by atoms with Crippen LogP contribution in [0.2, 0.25) is 0 Å². The molecular formula is C16H18N6O. The summed E-state index contributed by atoms with van der Waals surface area (Å²) in [6, 6.07) is 0.218. The lowest BCUT2D eigenvalue weighted by molar-refractivity contribution is 0.0785. The number of rotatable bonds is 3. The predicted octanol–water partition coefficient (Wildman–Crippen LogP) is 1.08. The monoisotopic (exact) mass is 310 g/mol. The van der Waals surface area contributed by atoms with Gasteiger partial charge in [0.15, 0.2) is 0 Å². The SMILES string of the molecule is O=C(c1cnccn1)N1CC[C@@H](Nc2ncnc3c2CCC3)C1. The van der Waals surface area contributed by atoms with Crippen molar-refractivity contribution < 1.29 is 4.79 Å². The molecule has 118 valence electrons. The first-order chi connectivity index (χ1) is 11.3. The van der Waals surface area contributed by atoms with Crippen molar-refractivity contribution in [2.75, 3.05) is 18.4 Å². The average molecular weight is 310 g/mol. The maximum atomic E-state index is 12.4. The maximum Gasteiger partial charge on any atom is 0.274 e. The van der Waals surface area contributed by atoms with Gasteiger partial charge in [0.1, 0.15) is 17.8 Å². The molecule has 0 spiro atoms. The number of likely N-dealkylation sites (tertiary alicyclic amines) is 1. The van der Waals surface area contributed by atoms with Crippen molar-refractivity contribution in [3.63, 3.8) is 0 Å². The highest BCUT2D eigenvalue weighted by molar-refractivity contribution is 5.92. The first kappa shape index (κ1) is 14.0. The maximum absolute atomic E-state index is 12.4. The highest BCUT2D eigenvalue weighted by Gasteiger charge is 2.29. The number of amides is 1. The fraction of sp³-hybridized carbons (Fsp3) is 0.438. The fourth-order valence-corrected chi connectivity index (χ4v) is 3.31. The van der Waals surface area contributed by atoms with E-state index in [1.807, 2.05) is 4.90 Å². The molecular weight excluding hydrogens is 292 g/mol. The summed E-state index contributed by atoms with van der Waals surface area (Å²) in [4.78, 5) is 31.0. The van der Waals surface area contributed by atoms with Gasteiger partial charge in [0.2, 0.25) is 0 Å². The summed E-state index contributed by atoms with van der Waals surface area (Å²) >= 11 is 0. The first-order valence-corrected chi connectivity index (χ1v) is 7.96. The van der Waals surface area contributed by atoms with Gasteiger partial charge in [0.25, 0.3) is 5.91 Å². The molecule has 23 heavy (non-hydrogen) atoms. The third-order valence-electron chi connectivity index (χ3n) is 4.47. The minimum atomic E-state index is -0.0599. The number of nitrogens with zero attached hydrogens (tertiary/aromatic N) is 5. The van der Waals surface area contributed by atoms with Crippen molar-refractivity contribution in [1.82, 2.24) is 24.8 Å². The van der Waals surface area contributed by atoms with Crippen LogP contribution >= 0.6 is 0 Å². The van der Waals surface area contributed by atoms with E-state index >= 15 is 0 Å². The van der Waals surface area contributed by atoms with Gasteiger partial charge in [-0.2, -0.15) is 0 Å². The molecule has 3 heterocycles. The molecule has 2 aromatic rings. The zero-order chi connectivity index (χ0) is 15.6. The summed E-state index contributed by atoms with van der Waals surface area (Å²) in [6.07, 6.45) is 10.4. The number of hydrogen-bond donors (Lipinski definition) is 1. The van der Waals surface area contributed by atoms with Gasteiger partial charge in [-0.15, -0.1) is 0 Å². The number of nitrogens with one attached hydrogen (secondary N) is 1. The van der Waals surface area contributed by atoms with Gasteiger partial charge in [0, 0.05) is 42.8 Å². The van der Waals surface area contributed by atoms with E-state index in [-0.39, 0.29) is 11.9 Å². The smallest absolute Gasteiger partial charge is 0.274 e. The van der Waals surface area contributed by atoms with Crippen LogP contribution in [-0.2, 0) is 12.8 Å². The Morgan fingerprint density at radius 1 is 1.22 bits per heavy atom. The Labute approximate surface area is 134 Å². The van der Waals surface area contributed by atoms with Crippen LogP contribution in [0.25, 0.3) is 0 Å². The Kier molecular flexibility index (Phi) is 3.61. The van der Waals surface area contributed by atoms with Crippen LogP contribution in [0.15, 0.2) is 24.9 Å². The van der Waals surface area contributed by atoms with Crippen molar-refractivity contribution in [3.8, 4) is 0 Å². The third kappa shape index (κ3) is 2.74. The number of hydrogen-bond acceptors (Lipinski definition) is 6. The van der Waals surface area contributed by atoms with E-state index in [1.165, 1.54) is 11.8 Å². The summed E-state index contributed by atoms with van der Waals surface area (Å²) in [5.41, 5.74) is 2.80. The highest BCUT2D eigenvalue weighted by atomic mass is 16.2. The number of fused-ring (bicyclic) bond motifs is 1. The van der Waals surface area contributed by atoms with Crippen LogP contribution in [0, 0.1) is 0 Å². The largest absolute Gasteiger partial charge is 0.365 e. The van der Waals surface area contributed by atoms with Crippen LogP contribution in [0.3, 0.4) is 0 Å². The van der Waals surface area contributed by atoms with E-state index in [9.17, 15) is 4.79 Å². The Balaban J connectivity index is 1.43. The zero-order valence-corrected chi connectivity index (χ0v) is 12.8. The fourth-order valence-electron chi connectivity index (χ4n) is 3.31. The molecule has 7 heteroatoms. The van der Waals surface area contributed by atoms with Crippen molar-refractivity contribution in [1.29, 1.82) is 0 Å². The number of aromatic nitrogens is 4. The van der Waals surface area contributed by atoms with Crippen LogP contribution in [0.5, 0.6) is 0 Å². The highest BCUT2D eigenvalue weighted by Crippen LogP contribution is 2.26. The average Bonchev–Trinajstić information content (AvgIpc) is 3.25. The summed E-state index contributed by atoms with van der Waals surface area (Å²) < 4.78 is 0.